The Morgan fingerprint density at radius 3 is 3.06 bits per heavy atom. The Bertz CT molecular complexity index is 389. The highest BCUT2D eigenvalue weighted by Gasteiger charge is 2.28. The Morgan fingerprint density at radius 2 is 2.28 bits per heavy atom. The zero-order chi connectivity index (χ0) is 12.4. The first-order chi connectivity index (χ1) is 8.86. The van der Waals surface area contributed by atoms with Crippen LogP contribution < -0.4 is 0 Å². The first kappa shape index (κ1) is 12.6. The number of aromatic nitrogens is 1. The van der Waals surface area contributed by atoms with Crippen molar-refractivity contribution in [1.29, 1.82) is 0 Å². The molecule has 1 atom stereocenters. The molecule has 1 aromatic heterocycles. The molecule has 2 heterocycles. The van der Waals surface area contributed by atoms with Gasteiger partial charge in [-0.3, -0.25) is 4.90 Å². The molecule has 3 nitrogen and oxygen atoms in total. The normalized spacial score (nSPS) is 24.8. The van der Waals surface area contributed by atoms with Crippen molar-refractivity contribution in [3.05, 3.63) is 16.1 Å². The summed E-state index contributed by atoms with van der Waals surface area (Å²) in [7, 11) is 0. The van der Waals surface area contributed by atoms with E-state index in [1.165, 1.54) is 42.9 Å². The van der Waals surface area contributed by atoms with Crippen LogP contribution in [0.25, 0.3) is 0 Å². The van der Waals surface area contributed by atoms with Crippen LogP contribution in [0.4, 0.5) is 0 Å². The smallest absolute Gasteiger partial charge is 0.0959 e. The summed E-state index contributed by atoms with van der Waals surface area (Å²) in [4.78, 5) is 7.33. The largest absolute Gasteiger partial charge is 0.396 e. The maximum absolute atomic E-state index is 8.94. The van der Waals surface area contributed by atoms with E-state index in [-0.39, 0.29) is 0 Å². The van der Waals surface area contributed by atoms with Gasteiger partial charge in [0.1, 0.15) is 0 Å². The molecule has 2 fully saturated rings. The number of thiazole rings is 1. The van der Waals surface area contributed by atoms with Crippen molar-refractivity contribution < 1.29 is 5.11 Å². The predicted octanol–water partition coefficient (Wildman–Crippen LogP) is 2.76. The molecule has 1 aliphatic carbocycles. The van der Waals surface area contributed by atoms with Crippen LogP contribution in [-0.4, -0.2) is 34.2 Å². The average Bonchev–Trinajstić information content (AvgIpc) is 2.97. The van der Waals surface area contributed by atoms with Gasteiger partial charge in [-0.05, 0) is 45.1 Å². The number of hydrogen-bond acceptors (Lipinski definition) is 4. The van der Waals surface area contributed by atoms with E-state index in [2.05, 4.69) is 10.3 Å². The van der Waals surface area contributed by atoms with Crippen LogP contribution in [0.1, 0.15) is 55.1 Å². The molecular formula is C14H22N2OS. The molecule has 2 aliphatic rings. The van der Waals surface area contributed by atoms with Gasteiger partial charge in [-0.1, -0.05) is 0 Å². The summed E-state index contributed by atoms with van der Waals surface area (Å²) < 4.78 is 0. The zero-order valence-corrected chi connectivity index (χ0v) is 11.7. The molecule has 18 heavy (non-hydrogen) atoms. The number of rotatable bonds is 6. The lowest BCUT2D eigenvalue weighted by Gasteiger charge is -2.23. The highest BCUT2D eigenvalue weighted by molar-refractivity contribution is 7.09. The molecule has 3 rings (SSSR count). The van der Waals surface area contributed by atoms with Crippen LogP contribution in [0.5, 0.6) is 0 Å². The Labute approximate surface area is 113 Å². The third-order valence-electron chi connectivity index (χ3n) is 4.06. The van der Waals surface area contributed by atoms with Crippen LogP contribution in [-0.2, 0) is 6.54 Å². The van der Waals surface area contributed by atoms with Crippen LogP contribution in [0.15, 0.2) is 5.38 Å². The molecule has 0 spiro atoms. The van der Waals surface area contributed by atoms with E-state index in [0.717, 1.165) is 25.3 Å². The topological polar surface area (TPSA) is 36.4 Å². The molecule has 1 aromatic rings. The molecule has 1 saturated carbocycles. The summed E-state index contributed by atoms with van der Waals surface area (Å²) in [6.45, 7) is 2.54. The summed E-state index contributed by atoms with van der Waals surface area (Å²) in [5, 5.41) is 12.5. The van der Waals surface area contributed by atoms with E-state index < -0.39 is 0 Å². The maximum Gasteiger partial charge on any atom is 0.0959 e. The molecule has 1 aliphatic heterocycles. The van der Waals surface area contributed by atoms with Crippen LogP contribution in [0.3, 0.4) is 0 Å². The Balaban J connectivity index is 1.56. The van der Waals surface area contributed by atoms with E-state index in [9.17, 15) is 0 Å². The first-order valence-electron chi connectivity index (χ1n) is 7.16. The summed E-state index contributed by atoms with van der Waals surface area (Å²) in [5.41, 5.74) is 1.26. The highest BCUT2D eigenvalue weighted by Crippen LogP contribution is 2.41. The van der Waals surface area contributed by atoms with Crippen molar-refractivity contribution in [3.8, 4) is 0 Å². The molecule has 1 unspecified atom stereocenters. The number of aliphatic hydroxyl groups is 1. The molecule has 0 amide bonds. The lowest BCUT2D eigenvalue weighted by Crippen LogP contribution is -2.29. The van der Waals surface area contributed by atoms with Gasteiger partial charge in [-0.25, -0.2) is 4.98 Å². The molecule has 4 heteroatoms. The second-order valence-corrected chi connectivity index (χ2v) is 6.47. The lowest BCUT2D eigenvalue weighted by molar-refractivity contribution is 0.208. The van der Waals surface area contributed by atoms with Crippen molar-refractivity contribution in [3.63, 3.8) is 0 Å². The third kappa shape index (κ3) is 2.92. The van der Waals surface area contributed by atoms with Crippen molar-refractivity contribution in [2.24, 2.45) is 0 Å². The van der Waals surface area contributed by atoms with Crippen molar-refractivity contribution in [1.82, 2.24) is 9.88 Å². The molecular weight excluding hydrogens is 244 g/mol. The first-order valence-corrected chi connectivity index (χ1v) is 8.04. The van der Waals surface area contributed by atoms with Gasteiger partial charge in [0.15, 0.2) is 0 Å². The lowest BCUT2D eigenvalue weighted by atomic mass is 10.1. The van der Waals surface area contributed by atoms with Gasteiger partial charge in [0, 0.05) is 30.5 Å². The molecule has 0 aromatic carbocycles. The number of aliphatic hydroxyl groups excluding tert-OH is 1. The quantitative estimate of drug-likeness (QED) is 0.860. The molecule has 0 bridgehead atoms. The van der Waals surface area contributed by atoms with E-state index in [0.29, 0.717) is 12.6 Å². The average molecular weight is 266 g/mol. The fourth-order valence-electron chi connectivity index (χ4n) is 2.88. The minimum Gasteiger partial charge on any atom is -0.396 e. The minimum absolute atomic E-state index is 0.326. The van der Waals surface area contributed by atoms with E-state index in [1.54, 1.807) is 0 Å². The Kier molecular flexibility index (Phi) is 3.97. The zero-order valence-electron chi connectivity index (χ0n) is 10.8. The predicted molar refractivity (Wildman–Crippen MR) is 73.8 cm³/mol. The van der Waals surface area contributed by atoms with Gasteiger partial charge < -0.3 is 5.11 Å². The van der Waals surface area contributed by atoms with Crippen molar-refractivity contribution in [2.75, 3.05) is 13.2 Å². The van der Waals surface area contributed by atoms with E-state index in [1.807, 2.05) is 11.3 Å². The van der Waals surface area contributed by atoms with Gasteiger partial charge in [-0.2, -0.15) is 0 Å². The summed E-state index contributed by atoms with van der Waals surface area (Å²) in [5.74, 6) is 0.785. The number of nitrogens with zero attached hydrogens (tertiary/aromatic N) is 2. The number of hydrogen-bond donors (Lipinski definition) is 1. The SMILES string of the molecule is OCCCC1CCCN1Cc1csc(C2CC2)n1. The third-order valence-corrected chi connectivity index (χ3v) is 5.11. The molecule has 100 valence electrons. The van der Waals surface area contributed by atoms with Crippen LogP contribution in [0, 0.1) is 0 Å². The molecule has 1 saturated heterocycles. The second kappa shape index (κ2) is 5.68. The van der Waals surface area contributed by atoms with Crippen molar-refractivity contribution in [2.45, 2.75) is 57.0 Å². The summed E-state index contributed by atoms with van der Waals surface area (Å²) in [6, 6.07) is 0.670. The minimum atomic E-state index is 0.326. The van der Waals surface area contributed by atoms with Gasteiger partial charge in [0.05, 0.1) is 10.7 Å². The van der Waals surface area contributed by atoms with Gasteiger partial charge in [0.2, 0.25) is 0 Å². The fraction of sp³-hybridized carbons (Fsp3) is 0.786. The monoisotopic (exact) mass is 266 g/mol. The van der Waals surface area contributed by atoms with E-state index >= 15 is 0 Å². The highest BCUT2D eigenvalue weighted by atomic mass is 32.1. The molecule has 1 N–H and O–H groups in total. The van der Waals surface area contributed by atoms with Crippen molar-refractivity contribution >= 4 is 11.3 Å². The Hall–Kier alpha value is -0.450. The molecule has 0 radical (unpaired) electrons. The number of likely N-dealkylation sites (tertiary alicyclic amines) is 1. The van der Waals surface area contributed by atoms with Gasteiger partial charge in [0.25, 0.3) is 0 Å². The Morgan fingerprint density at radius 1 is 1.39 bits per heavy atom. The summed E-state index contributed by atoms with van der Waals surface area (Å²) >= 11 is 1.84. The van der Waals surface area contributed by atoms with Crippen LogP contribution >= 0.6 is 11.3 Å². The van der Waals surface area contributed by atoms with E-state index in [4.69, 9.17) is 10.1 Å². The van der Waals surface area contributed by atoms with Crippen LogP contribution in [0.2, 0.25) is 0 Å². The summed E-state index contributed by atoms with van der Waals surface area (Å²) in [6.07, 6.45) is 7.35. The van der Waals surface area contributed by atoms with Gasteiger partial charge >= 0.3 is 0 Å². The maximum atomic E-state index is 8.94. The fourth-order valence-corrected chi connectivity index (χ4v) is 3.86. The van der Waals surface area contributed by atoms with Gasteiger partial charge in [-0.15, -0.1) is 11.3 Å². The standard InChI is InChI=1S/C14H22N2OS/c17-8-2-4-13-3-1-7-16(13)9-12-10-18-14(15-12)11-5-6-11/h10-11,13,17H,1-9H2. The second-order valence-electron chi connectivity index (χ2n) is 5.58.